The van der Waals surface area contributed by atoms with Crippen LogP contribution in [-0.4, -0.2) is 24.6 Å². The van der Waals surface area contributed by atoms with Crippen LogP contribution in [0.4, 0.5) is 0 Å². The van der Waals surface area contributed by atoms with E-state index in [9.17, 15) is 0 Å². The van der Waals surface area contributed by atoms with Crippen molar-refractivity contribution >= 4 is 61.6 Å². The maximum absolute atomic E-state index is 6.60. The van der Waals surface area contributed by atoms with E-state index in [0.717, 1.165) is 27.3 Å². The van der Waals surface area contributed by atoms with E-state index in [1.54, 1.807) is 0 Å². The van der Waals surface area contributed by atoms with Crippen LogP contribution >= 0.6 is 0 Å². The molecule has 5 heteroatoms. The van der Waals surface area contributed by atoms with Gasteiger partial charge in [-0.3, -0.25) is 0 Å². The van der Waals surface area contributed by atoms with E-state index < -0.39 is 18.5 Å². The van der Waals surface area contributed by atoms with Gasteiger partial charge in [-0.15, -0.1) is 0 Å². The fourth-order valence-electron chi connectivity index (χ4n) is 6.13. The minimum absolute atomic E-state index is 0.00272. The molecule has 0 aliphatic carbocycles. The summed E-state index contributed by atoms with van der Waals surface area (Å²) in [7, 11) is -0.697. The molecular weight excluding hydrogens is 471 g/mol. The van der Waals surface area contributed by atoms with Crippen LogP contribution in [-0.2, 0) is 20.4 Å². The molecule has 38 heavy (non-hydrogen) atoms. The van der Waals surface area contributed by atoms with E-state index in [4.69, 9.17) is 18.4 Å². The van der Waals surface area contributed by atoms with Gasteiger partial charge in [0.2, 0.25) is 0 Å². The Hall–Kier alpha value is -3.38. The Morgan fingerprint density at radius 1 is 0.711 bits per heavy atom. The highest BCUT2D eigenvalue weighted by Crippen LogP contribution is 2.47. The Bertz CT molecular complexity index is 1870. The van der Waals surface area contributed by atoms with Crippen LogP contribution in [0.2, 0.25) is 0 Å². The minimum atomic E-state index is -0.697. The summed E-state index contributed by atoms with van der Waals surface area (Å²) in [6.45, 7) is 10.3. The molecule has 1 atom stereocenters. The number of hydrogen-bond donors (Lipinski definition) is 0. The van der Waals surface area contributed by atoms with Crippen LogP contribution < -0.4 is 0 Å². The third kappa shape index (κ3) is 3.42. The lowest BCUT2D eigenvalue weighted by molar-refractivity contribution is -0.00857. The molecule has 0 amide bonds. The van der Waals surface area contributed by atoms with Gasteiger partial charge in [-0.2, -0.15) is 0 Å². The predicted molar refractivity (Wildman–Crippen MR) is 157 cm³/mol. The number of para-hydroxylation sites is 1. The van der Waals surface area contributed by atoms with Gasteiger partial charge < -0.3 is 18.4 Å². The number of rotatable bonds is 4. The van der Waals surface area contributed by atoms with E-state index in [2.05, 4.69) is 93.6 Å². The predicted octanol–water partition coefficient (Wildman–Crippen LogP) is 8.58. The molecular formula is C33H31BO4. The average molecular weight is 502 g/mol. The van der Waals surface area contributed by atoms with Crippen molar-refractivity contribution in [3.63, 3.8) is 0 Å². The first-order valence-corrected chi connectivity index (χ1v) is 13.4. The van der Waals surface area contributed by atoms with E-state index >= 15 is 0 Å². The highest BCUT2D eigenvalue weighted by Gasteiger charge is 2.56. The topological polar surface area (TPSA) is 40.8 Å². The molecule has 1 aliphatic rings. The van der Waals surface area contributed by atoms with Crippen LogP contribution in [0.3, 0.4) is 0 Å². The molecule has 0 spiro atoms. The van der Waals surface area contributed by atoms with E-state index in [1.165, 1.54) is 32.5 Å². The molecule has 2 heterocycles. The molecule has 7 rings (SSSR count). The molecule has 1 unspecified atom stereocenters. The summed E-state index contributed by atoms with van der Waals surface area (Å²) in [4.78, 5) is 0. The Morgan fingerprint density at radius 3 is 1.95 bits per heavy atom. The van der Waals surface area contributed by atoms with Gasteiger partial charge in [0.05, 0.1) is 11.2 Å². The standard InChI is InChI=1S/C33H31BO4/c1-20(2)36-34-37-32(3,4)33(5,38-34)19-21-18-27-24-14-10-11-17-28(24)35-31(27)30-26-16-9-7-13-23(26)22-12-6-8-15-25(22)29(21)30/h6-18,20H,19H2,1-5H3. The molecule has 1 fully saturated rings. The zero-order chi connectivity index (χ0) is 26.2. The van der Waals surface area contributed by atoms with Crippen LogP contribution in [0.25, 0.3) is 54.3 Å². The van der Waals surface area contributed by atoms with Gasteiger partial charge in [0, 0.05) is 28.7 Å². The molecule has 5 aromatic carbocycles. The van der Waals surface area contributed by atoms with Crippen LogP contribution in [0.1, 0.15) is 40.2 Å². The highest BCUT2D eigenvalue weighted by molar-refractivity contribution is 6.37. The third-order valence-electron chi connectivity index (χ3n) is 8.37. The molecule has 0 bridgehead atoms. The second-order valence-electron chi connectivity index (χ2n) is 11.5. The van der Waals surface area contributed by atoms with Crippen molar-refractivity contribution in [1.82, 2.24) is 0 Å². The van der Waals surface area contributed by atoms with E-state index in [0.29, 0.717) is 6.42 Å². The number of benzene rings is 5. The quantitative estimate of drug-likeness (QED) is 0.179. The Morgan fingerprint density at radius 2 is 1.29 bits per heavy atom. The molecule has 0 N–H and O–H groups in total. The first-order chi connectivity index (χ1) is 18.3. The Balaban J connectivity index is 1.59. The fourth-order valence-corrected chi connectivity index (χ4v) is 6.13. The third-order valence-corrected chi connectivity index (χ3v) is 8.37. The van der Waals surface area contributed by atoms with Crippen molar-refractivity contribution in [2.45, 2.75) is 58.3 Å². The maximum atomic E-state index is 6.60. The molecule has 1 saturated heterocycles. The molecule has 1 aliphatic heterocycles. The van der Waals surface area contributed by atoms with Crippen molar-refractivity contribution < 1.29 is 18.4 Å². The SMILES string of the molecule is CC(C)OB1OC(C)(C)C(C)(Cc2cc3c4ccccc4oc3c3c4ccccc4c4ccccc4c23)O1. The van der Waals surface area contributed by atoms with Crippen LogP contribution in [0.15, 0.2) is 83.3 Å². The Labute approximate surface area is 222 Å². The van der Waals surface area contributed by atoms with Gasteiger partial charge >= 0.3 is 7.32 Å². The van der Waals surface area contributed by atoms with Crippen LogP contribution in [0.5, 0.6) is 0 Å². The summed E-state index contributed by atoms with van der Waals surface area (Å²) in [6.07, 6.45) is 0.662. The smallest absolute Gasteiger partial charge is 0.455 e. The van der Waals surface area contributed by atoms with Crippen LogP contribution in [0, 0.1) is 0 Å². The normalized spacial score (nSPS) is 19.7. The van der Waals surface area contributed by atoms with Gasteiger partial charge in [0.1, 0.15) is 11.2 Å². The molecule has 4 nitrogen and oxygen atoms in total. The molecule has 6 aromatic rings. The van der Waals surface area contributed by atoms with E-state index in [1.807, 2.05) is 19.9 Å². The van der Waals surface area contributed by atoms with Gasteiger partial charge in [-0.05, 0) is 79.2 Å². The summed E-state index contributed by atoms with van der Waals surface area (Å²) in [5.74, 6) is 0. The van der Waals surface area contributed by atoms with Crippen molar-refractivity contribution in [2.75, 3.05) is 0 Å². The molecule has 190 valence electrons. The van der Waals surface area contributed by atoms with Crippen molar-refractivity contribution in [3.8, 4) is 0 Å². The van der Waals surface area contributed by atoms with Gasteiger partial charge in [0.25, 0.3) is 0 Å². The van der Waals surface area contributed by atoms with Crippen molar-refractivity contribution in [3.05, 3.63) is 84.4 Å². The minimum Gasteiger partial charge on any atom is -0.455 e. The van der Waals surface area contributed by atoms with Gasteiger partial charge in [-0.1, -0.05) is 66.7 Å². The second kappa shape index (κ2) is 8.31. The molecule has 0 radical (unpaired) electrons. The van der Waals surface area contributed by atoms with Gasteiger partial charge in [-0.25, -0.2) is 0 Å². The summed E-state index contributed by atoms with van der Waals surface area (Å²) < 4.78 is 25.4. The number of hydrogen-bond acceptors (Lipinski definition) is 4. The summed E-state index contributed by atoms with van der Waals surface area (Å²) in [5, 5.41) is 9.48. The number of fused-ring (bicyclic) bond motifs is 10. The lowest BCUT2D eigenvalue weighted by atomic mass is 9.80. The number of furan rings is 1. The maximum Gasteiger partial charge on any atom is 0.640 e. The van der Waals surface area contributed by atoms with Crippen molar-refractivity contribution in [2.24, 2.45) is 0 Å². The van der Waals surface area contributed by atoms with E-state index in [-0.39, 0.29) is 6.10 Å². The summed E-state index contributed by atoms with van der Waals surface area (Å²) in [6, 6.07) is 28.0. The molecule has 0 saturated carbocycles. The highest BCUT2D eigenvalue weighted by atomic mass is 16.8. The zero-order valence-corrected chi connectivity index (χ0v) is 22.5. The summed E-state index contributed by atoms with van der Waals surface area (Å²) in [5.41, 5.74) is 1.88. The monoisotopic (exact) mass is 502 g/mol. The fraction of sp³-hybridized carbons (Fsp3) is 0.273. The average Bonchev–Trinajstić information content (AvgIpc) is 3.36. The summed E-state index contributed by atoms with van der Waals surface area (Å²) >= 11 is 0. The molecule has 1 aromatic heterocycles. The van der Waals surface area contributed by atoms with Crippen molar-refractivity contribution in [1.29, 1.82) is 0 Å². The first-order valence-electron chi connectivity index (χ1n) is 13.4. The van der Waals surface area contributed by atoms with Gasteiger partial charge in [0.15, 0.2) is 0 Å². The lowest BCUT2D eigenvalue weighted by Crippen LogP contribution is -2.46. The largest absolute Gasteiger partial charge is 0.640 e. The lowest BCUT2D eigenvalue weighted by Gasteiger charge is -2.36. The Kier molecular flexibility index (Phi) is 5.19. The second-order valence-corrected chi connectivity index (χ2v) is 11.5. The zero-order valence-electron chi connectivity index (χ0n) is 22.5. The first kappa shape index (κ1) is 23.7.